The quantitative estimate of drug-likeness (QED) is 0.733. The molecule has 0 aliphatic rings. The zero-order chi connectivity index (χ0) is 15.5. The van der Waals surface area contributed by atoms with Gasteiger partial charge in [0.1, 0.15) is 23.7 Å². The number of ether oxygens (including phenoxy) is 1. The number of aromatic nitrogens is 4. The maximum atomic E-state index is 8.76. The Labute approximate surface area is 128 Å². The molecule has 0 saturated heterocycles. The number of aliphatic hydroxyl groups is 1. The molecule has 0 unspecified atom stereocenters. The Kier molecular flexibility index (Phi) is 4.11. The first-order valence-electron chi connectivity index (χ1n) is 7.43. The second-order valence-electron chi connectivity index (χ2n) is 5.64. The van der Waals surface area contributed by atoms with E-state index in [0.717, 1.165) is 34.8 Å². The molecule has 0 radical (unpaired) electrons. The largest absolute Gasteiger partial charge is 0.491 e. The van der Waals surface area contributed by atoms with E-state index in [-0.39, 0.29) is 6.61 Å². The van der Waals surface area contributed by atoms with Crippen LogP contribution in [0.5, 0.6) is 5.75 Å². The van der Waals surface area contributed by atoms with E-state index in [0.29, 0.717) is 12.5 Å². The predicted molar refractivity (Wildman–Crippen MR) is 84.7 cm³/mol. The van der Waals surface area contributed by atoms with Gasteiger partial charge in [-0.2, -0.15) is 5.10 Å². The van der Waals surface area contributed by atoms with Crippen molar-refractivity contribution >= 4 is 11.2 Å². The van der Waals surface area contributed by atoms with E-state index in [1.807, 2.05) is 35.1 Å². The van der Waals surface area contributed by atoms with E-state index < -0.39 is 0 Å². The fraction of sp³-hybridized carbons (Fsp3) is 0.375. The Morgan fingerprint density at radius 3 is 2.73 bits per heavy atom. The monoisotopic (exact) mass is 300 g/mol. The van der Waals surface area contributed by atoms with E-state index in [1.165, 1.54) is 0 Å². The zero-order valence-electron chi connectivity index (χ0n) is 12.8. The highest BCUT2D eigenvalue weighted by Gasteiger charge is 2.11. The highest BCUT2D eigenvalue weighted by molar-refractivity contribution is 5.75. The molecule has 0 atom stereocenters. The lowest BCUT2D eigenvalue weighted by Gasteiger charge is -2.05. The van der Waals surface area contributed by atoms with Crippen LogP contribution in [0.4, 0.5) is 0 Å². The Balaban J connectivity index is 1.85. The van der Waals surface area contributed by atoms with Crippen molar-refractivity contribution in [3.05, 3.63) is 30.5 Å². The summed E-state index contributed by atoms with van der Waals surface area (Å²) >= 11 is 0. The number of nitrogens with zero attached hydrogens (tertiary/aromatic N) is 3. The second kappa shape index (κ2) is 6.19. The van der Waals surface area contributed by atoms with Crippen molar-refractivity contribution in [2.75, 3.05) is 13.2 Å². The van der Waals surface area contributed by atoms with Gasteiger partial charge in [-0.05, 0) is 30.2 Å². The number of fused-ring (bicyclic) bond motifs is 1. The molecule has 0 spiro atoms. The summed E-state index contributed by atoms with van der Waals surface area (Å²) in [5.74, 6) is 2.07. The van der Waals surface area contributed by atoms with E-state index >= 15 is 0 Å². The molecule has 6 heteroatoms. The van der Waals surface area contributed by atoms with Crippen LogP contribution in [0.25, 0.3) is 22.6 Å². The van der Waals surface area contributed by atoms with Crippen molar-refractivity contribution < 1.29 is 9.84 Å². The minimum absolute atomic E-state index is 0.0116. The van der Waals surface area contributed by atoms with Crippen molar-refractivity contribution in [1.29, 1.82) is 0 Å². The SMILES string of the molecule is CC(C)Cn1ncc2[nH]c(-c3ccc(OCCO)cc3)nc21. The molecule has 116 valence electrons. The van der Waals surface area contributed by atoms with Gasteiger partial charge in [-0.25, -0.2) is 9.67 Å². The zero-order valence-corrected chi connectivity index (χ0v) is 12.8. The number of rotatable bonds is 6. The number of aliphatic hydroxyl groups excluding tert-OH is 1. The summed E-state index contributed by atoms with van der Waals surface area (Å²) in [5, 5.41) is 13.1. The predicted octanol–water partition coefficient (Wildman–Crippen LogP) is 2.45. The summed E-state index contributed by atoms with van der Waals surface area (Å²) in [4.78, 5) is 7.94. The Morgan fingerprint density at radius 2 is 2.05 bits per heavy atom. The summed E-state index contributed by atoms with van der Waals surface area (Å²) in [7, 11) is 0. The molecule has 2 heterocycles. The van der Waals surface area contributed by atoms with Gasteiger partial charge >= 0.3 is 0 Å². The smallest absolute Gasteiger partial charge is 0.176 e. The molecule has 1 aromatic carbocycles. The molecule has 2 aromatic heterocycles. The lowest BCUT2D eigenvalue weighted by atomic mass is 10.2. The number of nitrogens with one attached hydrogen (secondary N) is 1. The van der Waals surface area contributed by atoms with Gasteiger partial charge in [-0.1, -0.05) is 13.8 Å². The first-order chi connectivity index (χ1) is 10.7. The van der Waals surface area contributed by atoms with E-state index in [1.54, 1.807) is 0 Å². The van der Waals surface area contributed by atoms with Gasteiger partial charge in [0.25, 0.3) is 0 Å². The number of aromatic amines is 1. The fourth-order valence-corrected chi connectivity index (χ4v) is 2.34. The molecular weight excluding hydrogens is 280 g/mol. The Hall–Kier alpha value is -2.34. The van der Waals surface area contributed by atoms with Gasteiger partial charge in [0.15, 0.2) is 5.65 Å². The van der Waals surface area contributed by atoms with Gasteiger partial charge in [-0.15, -0.1) is 0 Å². The van der Waals surface area contributed by atoms with Crippen LogP contribution in [0.3, 0.4) is 0 Å². The van der Waals surface area contributed by atoms with Crippen LogP contribution in [0.2, 0.25) is 0 Å². The molecule has 0 aliphatic carbocycles. The lowest BCUT2D eigenvalue weighted by molar-refractivity contribution is 0.201. The van der Waals surface area contributed by atoms with Crippen molar-refractivity contribution in [2.24, 2.45) is 5.92 Å². The van der Waals surface area contributed by atoms with E-state index in [4.69, 9.17) is 9.84 Å². The van der Waals surface area contributed by atoms with Crippen molar-refractivity contribution in [3.63, 3.8) is 0 Å². The van der Waals surface area contributed by atoms with Crippen molar-refractivity contribution in [1.82, 2.24) is 19.7 Å². The maximum absolute atomic E-state index is 8.76. The average Bonchev–Trinajstić information content (AvgIpc) is 3.07. The minimum atomic E-state index is 0.0116. The van der Waals surface area contributed by atoms with E-state index in [2.05, 4.69) is 28.9 Å². The summed E-state index contributed by atoms with van der Waals surface area (Å²) in [5.41, 5.74) is 2.81. The average molecular weight is 300 g/mol. The first kappa shape index (κ1) is 14.6. The van der Waals surface area contributed by atoms with Gasteiger partial charge in [0, 0.05) is 12.1 Å². The molecule has 0 fully saturated rings. The Morgan fingerprint density at radius 1 is 1.27 bits per heavy atom. The molecule has 6 nitrogen and oxygen atoms in total. The van der Waals surface area contributed by atoms with Crippen molar-refractivity contribution in [3.8, 4) is 17.1 Å². The highest BCUT2D eigenvalue weighted by Crippen LogP contribution is 2.23. The maximum Gasteiger partial charge on any atom is 0.176 e. The van der Waals surface area contributed by atoms with Gasteiger partial charge in [0.05, 0.1) is 12.8 Å². The van der Waals surface area contributed by atoms with Gasteiger partial charge in [-0.3, -0.25) is 0 Å². The summed E-state index contributed by atoms with van der Waals surface area (Å²) in [6.45, 7) is 5.48. The third-order valence-electron chi connectivity index (χ3n) is 3.31. The molecule has 0 saturated carbocycles. The molecule has 22 heavy (non-hydrogen) atoms. The number of H-pyrrole nitrogens is 1. The first-order valence-corrected chi connectivity index (χ1v) is 7.43. The highest BCUT2D eigenvalue weighted by atomic mass is 16.5. The molecule has 0 amide bonds. The van der Waals surface area contributed by atoms with Crippen LogP contribution < -0.4 is 4.74 Å². The number of imidazole rings is 1. The third-order valence-corrected chi connectivity index (χ3v) is 3.31. The molecule has 3 aromatic rings. The van der Waals surface area contributed by atoms with Crippen LogP contribution >= 0.6 is 0 Å². The fourth-order valence-electron chi connectivity index (χ4n) is 2.34. The number of hydrogen-bond acceptors (Lipinski definition) is 4. The van der Waals surface area contributed by atoms with Crippen LogP contribution in [0.15, 0.2) is 30.5 Å². The van der Waals surface area contributed by atoms with Crippen LogP contribution in [-0.4, -0.2) is 38.1 Å². The van der Waals surface area contributed by atoms with E-state index in [9.17, 15) is 0 Å². The summed E-state index contributed by atoms with van der Waals surface area (Å²) in [6, 6.07) is 7.65. The molecule has 0 bridgehead atoms. The van der Waals surface area contributed by atoms with Gasteiger partial charge < -0.3 is 14.8 Å². The molecule has 2 N–H and O–H groups in total. The molecule has 0 aliphatic heterocycles. The van der Waals surface area contributed by atoms with Crippen LogP contribution in [0.1, 0.15) is 13.8 Å². The summed E-state index contributed by atoms with van der Waals surface area (Å²) in [6.07, 6.45) is 1.81. The lowest BCUT2D eigenvalue weighted by Crippen LogP contribution is -2.05. The van der Waals surface area contributed by atoms with Gasteiger partial charge in [0.2, 0.25) is 0 Å². The normalized spacial score (nSPS) is 11.5. The summed E-state index contributed by atoms with van der Waals surface area (Å²) < 4.78 is 7.29. The van der Waals surface area contributed by atoms with Crippen molar-refractivity contribution in [2.45, 2.75) is 20.4 Å². The Bertz CT molecular complexity index is 743. The third kappa shape index (κ3) is 2.96. The topological polar surface area (TPSA) is 76.0 Å². The van der Waals surface area contributed by atoms with Crippen LogP contribution in [0, 0.1) is 5.92 Å². The number of benzene rings is 1. The minimum Gasteiger partial charge on any atom is -0.491 e. The second-order valence-corrected chi connectivity index (χ2v) is 5.64. The van der Waals surface area contributed by atoms with Crippen LogP contribution in [-0.2, 0) is 6.54 Å². The number of hydrogen-bond donors (Lipinski definition) is 2. The standard InChI is InChI=1S/C16H20N4O2/c1-11(2)10-20-16-14(9-17-20)18-15(19-16)12-3-5-13(6-4-12)22-8-7-21/h3-6,9,11,21H,7-8,10H2,1-2H3,(H,18,19). The molecule has 3 rings (SSSR count). The molecular formula is C16H20N4O2.